The van der Waals surface area contributed by atoms with Crippen molar-refractivity contribution in [1.29, 1.82) is 0 Å². The Kier molecular flexibility index (Phi) is 7.29. The number of anilines is 5. The number of allylic oxidation sites excluding steroid dienone is 2. The molecule has 7 aromatic rings. The van der Waals surface area contributed by atoms with Crippen molar-refractivity contribution < 1.29 is 0 Å². The molecule has 0 saturated carbocycles. The van der Waals surface area contributed by atoms with Gasteiger partial charge in [-0.05, 0) is 111 Å². The molecule has 0 N–H and O–H groups in total. The van der Waals surface area contributed by atoms with Gasteiger partial charge < -0.3 is 9.80 Å². The summed E-state index contributed by atoms with van der Waals surface area (Å²) in [6.45, 7) is 4.70. The van der Waals surface area contributed by atoms with Crippen LogP contribution in [0.15, 0.2) is 188 Å². The molecular weight excluding hydrogens is 643 g/mol. The number of pyridine rings is 1. The van der Waals surface area contributed by atoms with E-state index >= 15 is 0 Å². The Morgan fingerprint density at radius 1 is 0.585 bits per heavy atom. The van der Waals surface area contributed by atoms with Gasteiger partial charge in [0.25, 0.3) is 0 Å². The lowest BCUT2D eigenvalue weighted by Crippen LogP contribution is -2.28. The first kappa shape index (κ1) is 31.3. The Morgan fingerprint density at radius 3 is 2.04 bits per heavy atom. The summed E-state index contributed by atoms with van der Waals surface area (Å²) in [6, 6.07) is 57.8. The minimum Gasteiger partial charge on any atom is -0.333 e. The molecule has 1 aliphatic heterocycles. The van der Waals surface area contributed by atoms with Crippen LogP contribution in [0.5, 0.6) is 0 Å². The summed E-state index contributed by atoms with van der Waals surface area (Å²) in [6.07, 6.45) is 10.9. The van der Waals surface area contributed by atoms with Gasteiger partial charge in [0.1, 0.15) is 0 Å². The molecule has 2 unspecified atom stereocenters. The second kappa shape index (κ2) is 12.4. The van der Waals surface area contributed by atoms with Crippen molar-refractivity contribution in [1.82, 2.24) is 4.98 Å². The molecule has 0 saturated heterocycles. The number of benzene rings is 6. The smallest absolute Gasteiger partial charge is 0.0630 e. The number of nitrogens with zero attached hydrogens (tertiary/aromatic N) is 3. The van der Waals surface area contributed by atoms with Crippen molar-refractivity contribution in [2.75, 3.05) is 9.80 Å². The van der Waals surface area contributed by atoms with Crippen molar-refractivity contribution >= 4 is 34.0 Å². The first-order valence-electron chi connectivity index (χ1n) is 18.5. The first-order chi connectivity index (χ1) is 26.0. The normalized spacial score (nSPS) is 17.4. The van der Waals surface area contributed by atoms with Crippen LogP contribution < -0.4 is 9.80 Å². The topological polar surface area (TPSA) is 19.4 Å². The second-order valence-electron chi connectivity index (χ2n) is 14.8. The van der Waals surface area contributed by atoms with E-state index in [0.717, 1.165) is 28.2 Å². The maximum absolute atomic E-state index is 4.35. The molecule has 2 atom stereocenters. The van der Waals surface area contributed by atoms with Gasteiger partial charge in [0.15, 0.2) is 0 Å². The van der Waals surface area contributed by atoms with Crippen molar-refractivity contribution in [3.05, 3.63) is 211 Å². The Balaban J connectivity index is 1.02. The highest BCUT2D eigenvalue weighted by molar-refractivity contribution is 5.87. The quantitative estimate of drug-likeness (QED) is 0.174. The Hall–Kier alpha value is -6.45. The third-order valence-corrected chi connectivity index (χ3v) is 11.5. The van der Waals surface area contributed by atoms with E-state index in [-0.39, 0.29) is 17.4 Å². The lowest BCUT2D eigenvalue weighted by atomic mass is 9.82. The standard InChI is InChI=1S/C50H39N3/c1-50(2)46-16-8-6-14-42(46)43-28-27-41(32-47(43)50)52(40-25-20-35(21-26-40)37-11-10-30-51-33-37)39-23-18-34(19-24-39)36-22-29-49-45(31-36)44-15-7-9-17-48(44)53(49)38-12-4-3-5-13-38/h3-33,45,49H,1-2H3. The summed E-state index contributed by atoms with van der Waals surface area (Å²) in [5.41, 5.74) is 17.3. The average Bonchev–Trinajstić information content (AvgIpc) is 3.67. The van der Waals surface area contributed by atoms with Gasteiger partial charge in [0.2, 0.25) is 0 Å². The Morgan fingerprint density at radius 2 is 1.26 bits per heavy atom. The highest BCUT2D eigenvalue weighted by Crippen LogP contribution is 2.51. The van der Waals surface area contributed by atoms with E-state index in [0.29, 0.717) is 0 Å². The molecule has 53 heavy (non-hydrogen) atoms. The molecule has 254 valence electrons. The predicted molar refractivity (Wildman–Crippen MR) is 221 cm³/mol. The maximum atomic E-state index is 4.35. The van der Waals surface area contributed by atoms with Crippen LogP contribution in [0.4, 0.5) is 28.4 Å². The third-order valence-electron chi connectivity index (χ3n) is 11.5. The highest BCUT2D eigenvalue weighted by Gasteiger charge is 2.38. The fourth-order valence-corrected chi connectivity index (χ4v) is 8.85. The number of para-hydroxylation sites is 2. The van der Waals surface area contributed by atoms with Crippen LogP contribution in [0.25, 0.3) is 27.8 Å². The summed E-state index contributed by atoms with van der Waals surface area (Å²) in [5, 5.41) is 0. The summed E-state index contributed by atoms with van der Waals surface area (Å²) >= 11 is 0. The van der Waals surface area contributed by atoms with E-state index < -0.39 is 0 Å². The van der Waals surface area contributed by atoms with Crippen LogP contribution in [0, 0.1) is 0 Å². The van der Waals surface area contributed by atoms with E-state index in [4.69, 9.17) is 0 Å². The molecule has 0 radical (unpaired) electrons. The van der Waals surface area contributed by atoms with Crippen LogP contribution >= 0.6 is 0 Å². The van der Waals surface area contributed by atoms with Crippen LogP contribution in [-0.2, 0) is 5.41 Å². The predicted octanol–water partition coefficient (Wildman–Crippen LogP) is 12.8. The second-order valence-corrected chi connectivity index (χ2v) is 14.8. The molecule has 0 fully saturated rings. The van der Waals surface area contributed by atoms with Gasteiger partial charge in [0.05, 0.1) is 6.04 Å². The minimum atomic E-state index is -0.0891. The zero-order valence-electron chi connectivity index (χ0n) is 29.9. The maximum Gasteiger partial charge on any atom is 0.0630 e. The molecular formula is C50H39N3. The number of rotatable bonds is 6. The molecule has 3 heteroatoms. The molecule has 1 aromatic heterocycles. The van der Waals surface area contributed by atoms with Crippen molar-refractivity contribution in [2.45, 2.75) is 31.2 Å². The van der Waals surface area contributed by atoms with E-state index in [1.165, 1.54) is 50.3 Å². The van der Waals surface area contributed by atoms with Crippen molar-refractivity contribution in [3.63, 3.8) is 0 Å². The number of hydrogen-bond donors (Lipinski definition) is 0. The van der Waals surface area contributed by atoms with Gasteiger partial charge in [-0.3, -0.25) is 4.98 Å². The lowest BCUT2D eigenvalue weighted by Gasteiger charge is -2.30. The van der Waals surface area contributed by atoms with E-state index in [1.54, 1.807) is 0 Å². The average molecular weight is 682 g/mol. The fourth-order valence-electron chi connectivity index (χ4n) is 8.85. The molecule has 0 spiro atoms. The zero-order chi connectivity index (χ0) is 35.5. The van der Waals surface area contributed by atoms with Gasteiger partial charge in [-0.1, -0.05) is 129 Å². The summed E-state index contributed by atoms with van der Waals surface area (Å²) in [4.78, 5) is 9.23. The molecule has 10 rings (SSSR count). The van der Waals surface area contributed by atoms with Gasteiger partial charge in [0, 0.05) is 52.2 Å². The monoisotopic (exact) mass is 681 g/mol. The van der Waals surface area contributed by atoms with E-state index in [1.807, 2.05) is 18.5 Å². The van der Waals surface area contributed by atoms with Gasteiger partial charge >= 0.3 is 0 Å². The van der Waals surface area contributed by atoms with Gasteiger partial charge in [-0.25, -0.2) is 0 Å². The van der Waals surface area contributed by atoms with Gasteiger partial charge in [-0.15, -0.1) is 0 Å². The summed E-state index contributed by atoms with van der Waals surface area (Å²) < 4.78 is 0. The summed E-state index contributed by atoms with van der Waals surface area (Å²) in [7, 11) is 0. The number of hydrogen-bond acceptors (Lipinski definition) is 3. The molecule has 2 heterocycles. The Labute approximate surface area is 311 Å². The highest BCUT2D eigenvalue weighted by atomic mass is 15.2. The van der Waals surface area contributed by atoms with E-state index in [2.05, 4.69) is 199 Å². The van der Waals surface area contributed by atoms with Crippen molar-refractivity contribution in [2.24, 2.45) is 0 Å². The van der Waals surface area contributed by atoms with Crippen LogP contribution in [0.1, 0.15) is 42.0 Å². The zero-order valence-corrected chi connectivity index (χ0v) is 29.9. The van der Waals surface area contributed by atoms with Crippen LogP contribution in [-0.4, -0.2) is 11.0 Å². The first-order valence-corrected chi connectivity index (χ1v) is 18.5. The molecule has 0 amide bonds. The molecule has 3 nitrogen and oxygen atoms in total. The summed E-state index contributed by atoms with van der Waals surface area (Å²) in [5.74, 6) is 0.278. The van der Waals surface area contributed by atoms with Crippen LogP contribution in [0.3, 0.4) is 0 Å². The van der Waals surface area contributed by atoms with Gasteiger partial charge in [-0.2, -0.15) is 0 Å². The lowest BCUT2D eigenvalue weighted by molar-refractivity contribution is 0.660. The molecule has 0 bridgehead atoms. The van der Waals surface area contributed by atoms with E-state index in [9.17, 15) is 0 Å². The molecule has 6 aromatic carbocycles. The minimum absolute atomic E-state index is 0.0891. The number of fused-ring (bicyclic) bond motifs is 6. The Bertz CT molecular complexity index is 2530. The van der Waals surface area contributed by atoms with Crippen molar-refractivity contribution in [3.8, 4) is 22.3 Å². The molecule has 2 aliphatic carbocycles. The number of aromatic nitrogens is 1. The fraction of sp³-hybridized carbons (Fsp3) is 0.100. The third kappa shape index (κ3) is 5.15. The SMILES string of the molecule is CC1(C)c2ccccc2-c2ccc(N(c3ccc(C4=CC5c6ccccc6N(c6ccccc6)C5C=C4)cc3)c3ccc(-c4cccnc4)cc3)cc21. The largest absolute Gasteiger partial charge is 0.333 e. The molecule has 3 aliphatic rings. The van der Waals surface area contributed by atoms with Crippen LogP contribution in [0.2, 0.25) is 0 Å².